The number of aliphatic hydroxyl groups excluding tert-OH is 1. The van der Waals surface area contributed by atoms with Gasteiger partial charge in [-0.15, -0.1) is 0 Å². The lowest BCUT2D eigenvalue weighted by Crippen LogP contribution is -2.49. The first-order chi connectivity index (χ1) is 15.4. The first-order valence-electron chi connectivity index (χ1n) is 10.8. The highest BCUT2D eigenvalue weighted by molar-refractivity contribution is 7.89. The Bertz CT molecular complexity index is 1060. The number of sulfonamides is 1. The Hall–Kier alpha value is -2.08. The molecule has 2 saturated heterocycles. The van der Waals surface area contributed by atoms with E-state index in [1.54, 1.807) is 30.6 Å². The van der Waals surface area contributed by atoms with Crippen LogP contribution in [-0.2, 0) is 14.8 Å². The predicted molar refractivity (Wildman–Crippen MR) is 118 cm³/mol. The van der Waals surface area contributed by atoms with Crippen molar-refractivity contribution in [3.05, 3.63) is 42.7 Å². The van der Waals surface area contributed by atoms with E-state index in [1.807, 2.05) is 19.2 Å². The third-order valence-electron chi connectivity index (χ3n) is 6.48. The van der Waals surface area contributed by atoms with E-state index in [0.717, 1.165) is 17.7 Å². The minimum atomic E-state index is -3.86. The van der Waals surface area contributed by atoms with Gasteiger partial charge in [0.05, 0.1) is 31.4 Å². The Labute approximate surface area is 188 Å². The van der Waals surface area contributed by atoms with Crippen molar-refractivity contribution in [2.24, 2.45) is 0 Å². The van der Waals surface area contributed by atoms with Crippen LogP contribution >= 0.6 is 0 Å². The molecule has 1 aromatic heterocycles. The van der Waals surface area contributed by atoms with Crippen LogP contribution in [0.4, 0.5) is 0 Å². The Kier molecular flexibility index (Phi) is 5.91. The van der Waals surface area contributed by atoms with Crippen LogP contribution in [0, 0.1) is 0 Å². The molecule has 3 aliphatic heterocycles. The molecule has 2 aromatic rings. The molecule has 0 unspecified atom stereocenters. The number of benzene rings is 1. The monoisotopic (exact) mass is 460 g/mol. The van der Waals surface area contributed by atoms with Crippen molar-refractivity contribution in [1.82, 2.24) is 19.5 Å². The molecular weight excluding hydrogens is 432 g/mol. The fourth-order valence-electron chi connectivity index (χ4n) is 4.57. The smallest absolute Gasteiger partial charge is 0.244 e. The fourth-order valence-corrected chi connectivity index (χ4v) is 5.76. The highest BCUT2D eigenvalue weighted by Gasteiger charge is 2.43. The van der Waals surface area contributed by atoms with E-state index in [2.05, 4.69) is 19.5 Å². The van der Waals surface area contributed by atoms with Crippen LogP contribution in [0.1, 0.15) is 0 Å². The van der Waals surface area contributed by atoms with Crippen molar-refractivity contribution in [3.8, 4) is 16.9 Å². The van der Waals surface area contributed by atoms with Gasteiger partial charge in [0.2, 0.25) is 10.0 Å². The molecule has 1 aromatic carbocycles. The molecule has 0 saturated carbocycles. The van der Waals surface area contributed by atoms with E-state index < -0.39 is 16.1 Å². The number of nitrogens with one attached hydrogen (secondary N) is 1. The van der Waals surface area contributed by atoms with E-state index in [4.69, 9.17) is 9.47 Å². The van der Waals surface area contributed by atoms with Crippen molar-refractivity contribution in [3.63, 3.8) is 0 Å². The minimum absolute atomic E-state index is 0.0148. The third kappa shape index (κ3) is 4.26. The lowest BCUT2D eigenvalue weighted by Gasteiger charge is -2.34. The van der Waals surface area contributed by atoms with Crippen molar-refractivity contribution >= 4 is 10.0 Å². The number of β-amino-alcohol motifs (C(OH)–C–C–N with tert-alkyl or cyclic N) is 1. The molecule has 3 atom stereocenters. The topological polar surface area (TPSA) is 104 Å². The maximum atomic E-state index is 13.1. The Morgan fingerprint density at radius 1 is 1.16 bits per heavy atom. The van der Waals surface area contributed by atoms with Crippen molar-refractivity contribution in [2.75, 3.05) is 46.4 Å². The number of nitrogens with zero attached hydrogens (tertiary/aromatic N) is 3. The predicted octanol–water partition coefficient (Wildman–Crippen LogP) is 0.164. The number of hydrogen-bond donors (Lipinski definition) is 2. The molecule has 4 heterocycles. The lowest BCUT2D eigenvalue weighted by atomic mass is 10.1. The fraction of sp³-hybridized carbons (Fsp3) is 0.500. The number of likely N-dealkylation sites (tertiary alicyclic amines) is 1. The van der Waals surface area contributed by atoms with Gasteiger partial charge < -0.3 is 14.6 Å². The maximum Gasteiger partial charge on any atom is 0.244 e. The first kappa shape index (κ1) is 21.7. The lowest BCUT2D eigenvalue weighted by molar-refractivity contribution is -0.0601. The van der Waals surface area contributed by atoms with Gasteiger partial charge in [-0.3, -0.25) is 14.8 Å². The van der Waals surface area contributed by atoms with Gasteiger partial charge in [0, 0.05) is 44.1 Å². The van der Waals surface area contributed by atoms with Gasteiger partial charge >= 0.3 is 0 Å². The summed E-state index contributed by atoms with van der Waals surface area (Å²) >= 11 is 0. The molecule has 5 rings (SSSR count). The highest BCUT2D eigenvalue weighted by atomic mass is 32.2. The van der Waals surface area contributed by atoms with Gasteiger partial charge in [-0.25, -0.2) is 13.1 Å². The summed E-state index contributed by atoms with van der Waals surface area (Å²) in [6.45, 7) is 3.13. The van der Waals surface area contributed by atoms with E-state index in [9.17, 15) is 13.5 Å². The van der Waals surface area contributed by atoms with Crippen LogP contribution in [-0.4, -0.2) is 99.0 Å². The Morgan fingerprint density at radius 3 is 2.72 bits per heavy atom. The number of aliphatic hydroxyl groups is 1. The number of rotatable bonds is 2. The standard InChI is InChI=1S/C22H28N4O5S/c1-25-10-18(27)9-24-32(28,29)22-5-4-15(16-3-2-6-23-8-16)7-20(22)31-21-12-26(11-19(21)25)17-13-30-14-17/h2-8,17-19,21,24,27H,9-14H2,1H3/t18-,19+,21-/m0/s1. The molecule has 9 nitrogen and oxygen atoms in total. The number of likely N-dealkylation sites (N-methyl/N-ethyl adjacent to an activating group) is 1. The van der Waals surface area contributed by atoms with Gasteiger partial charge in [-0.05, 0) is 30.8 Å². The summed E-state index contributed by atoms with van der Waals surface area (Å²) in [4.78, 5) is 8.65. The summed E-state index contributed by atoms with van der Waals surface area (Å²) in [5.41, 5.74) is 1.71. The molecule has 172 valence electrons. The van der Waals surface area contributed by atoms with Crippen LogP contribution in [0.15, 0.2) is 47.6 Å². The second kappa shape index (κ2) is 8.69. The summed E-state index contributed by atoms with van der Waals surface area (Å²) < 4.78 is 40.5. The van der Waals surface area contributed by atoms with E-state index >= 15 is 0 Å². The van der Waals surface area contributed by atoms with Gasteiger partial charge in [-0.1, -0.05) is 12.1 Å². The average Bonchev–Trinajstić information content (AvgIpc) is 3.14. The number of pyridine rings is 1. The SMILES string of the molecule is CN1C[C@@H](O)CNS(=O)(=O)c2ccc(-c3cccnc3)cc2O[C@H]2CN(C3COC3)C[C@H]21. The highest BCUT2D eigenvalue weighted by Crippen LogP contribution is 2.33. The molecular formula is C22H28N4O5S. The Balaban J connectivity index is 1.55. The van der Waals surface area contributed by atoms with E-state index in [-0.39, 0.29) is 23.6 Å². The zero-order valence-corrected chi connectivity index (χ0v) is 18.7. The summed E-state index contributed by atoms with van der Waals surface area (Å²) in [7, 11) is -1.91. The summed E-state index contributed by atoms with van der Waals surface area (Å²) in [5.74, 6) is 0.311. The minimum Gasteiger partial charge on any atom is -0.486 e. The zero-order valence-electron chi connectivity index (χ0n) is 17.9. The van der Waals surface area contributed by atoms with Crippen LogP contribution in [0.2, 0.25) is 0 Å². The Morgan fingerprint density at radius 2 is 2.00 bits per heavy atom. The van der Waals surface area contributed by atoms with Crippen molar-refractivity contribution in [1.29, 1.82) is 0 Å². The summed E-state index contributed by atoms with van der Waals surface area (Å²) in [6.07, 6.45) is 2.36. The number of ether oxygens (including phenoxy) is 2. The molecule has 0 spiro atoms. The second-order valence-electron chi connectivity index (χ2n) is 8.72. The normalized spacial score (nSPS) is 29.2. The van der Waals surface area contributed by atoms with Crippen LogP contribution < -0.4 is 9.46 Å². The van der Waals surface area contributed by atoms with E-state index in [0.29, 0.717) is 38.1 Å². The second-order valence-corrected chi connectivity index (χ2v) is 10.5. The van der Waals surface area contributed by atoms with Crippen molar-refractivity contribution < 1.29 is 23.0 Å². The molecule has 0 aliphatic carbocycles. The molecule has 2 N–H and O–H groups in total. The zero-order chi connectivity index (χ0) is 22.3. The van der Waals surface area contributed by atoms with Crippen LogP contribution in [0.5, 0.6) is 5.75 Å². The van der Waals surface area contributed by atoms with Gasteiger partial charge in [0.1, 0.15) is 16.7 Å². The molecule has 10 heteroatoms. The van der Waals surface area contributed by atoms with Gasteiger partial charge in [0.15, 0.2) is 0 Å². The first-order valence-corrected chi connectivity index (χ1v) is 12.3. The number of aromatic nitrogens is 1. The van der Waals surface area contributed by atoms with Crippen LogP contribution in [0.3, 0.4) is 0 Å². The molecule has 3 aliphatic rings. The van der Waals surface area contributed by atoms with Crippen LogP contribution in [0.25, 0.3) is 11.1 Å². The quantitative estimate of drug-likeness (QED) is 0.654. The van der Waals surface area contributed by atoms with Gasteiger partial charge in [-0.2, -0.15) is 0 Å². The molecule has 0 bridgehead atoms. The van der Waals surface area contributed by atoms with E-state index in [1.165, 1.54) is 0 Å². The molecule has 32 heavy (non-hydrogen) atoms. The average molecular weight is 461 g/mol. The van der Waals surface area contributed by atoms with Gasteiger partial charge in [0.25, 0.3) is 0 Å². The number of fused-ring (bicyclic) bond motifs is 2. The maximum absolute atomic E-state index is 13.1. The third-order valence-corrected chi connectivity index (χ3v) is 7.95. The molecule has 2 fully saturated rings. The molecule has 0 amide bonds. The van der Waals surface area contributed by atoms with Crippen molar-refractivity contribution in [2.45, 2.75) is 29.2 Å². The number of hydrogen-bond acceptors (Lipinski definition) is 8. The largest absolute Gasteiger partial charge is 0.486 e. The summed E-state index contributed by atoms with van der Waals surface area (Å²) in [6, 6.07) is 9.22. The molecule has 0 radical (unpaired) electrons. The summed E-state index contributed by atoms with van der Waals surface area (Å²) in [5, 5.41) is 10.5.